The van der Waals surface area contributed by atoms with Crippen LogP contribution in [0, 0.1) is 10.8 Å². The van der Waals surface area contributed by atoms with Crippen molar-refractivity contribution >= 4 is 5.91 Å². The fourth-order valence-electron chi connectivity index (χ4n) is 2.46. The van der Waals surface area contributed by atoms with Crippen molar-refractivity contribution in [2.75, 3.05) is 0 Å². The Morgan fingerprint density at radius 2 is 1.58 bits per heavy atom. The van der Waals surface area contributed by atoms with E-state index in [0.717, 1.165) is 6.42 Å². The SMILES string of the molecule is CC(C)(C)CCC(=O)NC1(C(C)(C)C)CC(F)(F)C1. The molecule has 0 atom stereocenters. The van der Waals surface area contributed by atoms with Crippen molar-refractivity contribution in [3.05, 3.63) is 0 Å². The van der Waals surface area contributed by atoms with E-state index in [4.69, 9.17) is 0 Å². The van der Waals surface area contributed by atoms with Crippen molar-refractivity contribution < 1.29 is 13.6 Å². The van der Waals surface area contributed by atoms with E-state index < -0.39 is 11.5 Å². The molecule has 1 amide bonds. The van der Waals surface area contributed by atoms with Gasteiger partial charge in [-0.05, 0) is 17.3 Å². The highest BCUT2D eigenvalue weighted by Crippen LogP contribution is 2.54. The Kier molecular flexibility index (Phi) is 4.06. The second-order valence-electron chi connectivity index (χ2n) is 8.15. The number of alkyl halides is 2. The molecule has 1 N–H and O–H groups in total. The third kappa shape index (κ3) is 4.15. The molecule has 1 fully saturated rings. The van der Waals surface area contributed by atoms with E-state index in [1.54, 1.807) is 0 Å². The van der Waals surface area contributed by atoms with Crippen LogP contribution < -0.4 is 5.32 Å². The second kappa shape index (κ2) is 4.71. The third-order valence-electron chi connectivity index (χ3n) is 4.04. The van der Waals surface area contributed by atoms with Gasteiger partial charge in [0, 0.05) is 19.3 Å². The van der Waals surface area contributed by atoms with Gasteiger partial charge in [0.2, 0.25) is 5.91 Å². The van der Waals surface area contributed by atoms with Gasteiger partial charge in [0.05, 0.1) is 5.54 Å². The fourth-order valence-corrected chi connectivity index (χ4v) is 2.46. The molecule has 1 rings (SSSR count). The van der Waals surface area contributed by atoms with Gasteiger partial charge in [-0.3, -0.25) is 4.79 Å². The minimum absolute atomic E-state index is 0.0792. The van der Waals surface area contributed by atoms with Crippen LogP contribution in [0.2, 0.25) is 0 Å². The van der Waals surface area contributed by atoms with Crippen molar-refractivity contribution in [2.24, 2.45) is 10.8 Å². The maximum absolute atomic E-state index is 13.2. The largest absolute Gasteiger partial charge is 0.350 e. The Bertz CT molecular complexity index is 342. The van der Waals surface area contributed by atoms with Crippen LogP contribution in [0.15, 0.2) is 0 Å². The Hall–Kier alpha value is -0.670. The van der Waals surface area contributed by atoms with Crippen LogP contribution in [-0.4, -0.2) is 17.4 Å². The highest BCUT2D eigenvalue weighted by Gasteiger charge is 2.62. The zero-order valence-corrected chi connectivity index (χ0v) is 13.0. The van der Waals surface area contributed by atoms with Gasteiger partial charge < -0.3 is 5.32 Å². The maximum atomic E-state index is 13.2. The smallest absolute Gasteiger partial charge is 0.252 e. The zero-order valence-electron chi connectivity index (χ0n) is 13.0. The summed E-state index contributed by atoms with van der Waals surface area (Å²) in [7, 11) is 0. The number of hydrogen-bond donors (Lipinski definition) is 1. The molecule has 0 heterocycles. The number of carbonyl (C=O) groups excluding carboxylic acids is 1. The quantitative estimate of drug-likeness (QED) is 0.824. The van der Waals surface area contributed by atoms with E-state index in [1.165, 1.54) is 0 Å². The van der Waals surface area contributed by atoms with Crippen LogP contribution in [0.3, 0.4) is 0 Å². The highest BCUT2D eigenvalue weighted by molar-refractivity contribution is 5.77. The van der Waals surface area contributed by atoms with Gasteiger partial charge in [-0.15, -0.1) is 0 Å². The summed E-state index contributed by atoms with van der Waals surface area (Å²) in [6, 6.07) is 0. The first-order valence-corrected chi connectivity index (χ1v) is 6.95. The standard InChI is InChI=1S/C15H27F2NO/c1-12(2,3)8-7-11(19)18-14(13(4,5)6)9-15(16,17)10-14/h7-10H2,1-6H3,(H,18,19). The molecule has 0 bridgehead atoms. The van der Waals surface area contributed by atoms with Gasteiger partial charge in [-0.2, -0.15) is 0 Å². The molecule has 0 spiro atoms. The highest BCUT2D eigenvalue weighted by atomic mass is 19.3. The number of hydrogen-bond acceptors (Lipinski definition) is 1. The number of amides is 1. The van der Waals surface area contributed by atoms with Crippen molar-refractivity contribution in [3.63, 3.8) is 0 Å². The fraction of sp³-hybridized carbons (Fsp3) is 0.933. The first-order valence-electron chi connectivity index (χ1n) is 6.95. The normalized spacial score (nSPS) is 21.7. The van der Waals surface area contributed by atoms with Crippen molar-refractivity contribution in [1.29, 1.82) is 0 Å². The van der Waals surface area contributed by atoms with Gasteiger partial charge in [0.15, 0.2) is 0 Å². The summed E-state index contributed by atoms with van der Waals surface area (Å²) < 4.78 is 26.5. The van der Waals surface area contributed by atoms with Crippen LogP contribution in [0.25, 0.3) is 0 Å². The molecule has 2 nitrogen and oxygen atoms in total. The van der Waals surface area contributed by atoms with E-state index in [1.807, 2.05) is 20.8 Å². The van der Waals surface area contributed by atoms with Gasteiger partial charge in [-0.1, -0.05) is 41.5 Å². The Morgan fingerprint density at radius 1 is 1.11 bits per heavy atom. The molecule has 1 aliphatic carbocycles. The minimum atomic E-state index is -2.63. The molecule has 1 saturated carbocycles. The first kappa shape index (κ1) is 16.4. The van der Waals surface area contributed by atoms with Crippen LogP contribution in [0.4, 0.5) is 8.78 Å². The minimum Gasteiger partial charge on any atom is -0.350 e. The van der Waals surface area contributed by atoms with Crippen LogP contribution in [0.5, 0.6) is 0 Å². The average Bonchev–Trinajstić information content (AvgIpc) is 2.08. The lowest BCUT2D eigenvalue weighted by atomic mass is 9.59. The molecule has 4 heteroatoms. The Labute approximate surface area is 115 Å². The summed E-state index contributed by atoms with van der Waals surface area (Å²) in [5, 5.41) is 2.88. The lowest BCUT2D eigenvalue weighted by Crippen LogP contribution is -2.68. The predicted octanol–water partition coefficient (Wildman–Crippen LogP) is 4.14. The molecule has 112 valence electrons. The van der Waals surface area contributed by atoms with Crippen molar-refractivity contribution in [2.45, 2.75) is 78.7 Å². The van der Waals surface area contributed by atoms with Gasteiger partial charge >= 0.3 is 0 Å². The summed E-state index contributed by atoms with van der Waals surface area (Å²) in [6.07, 6.45) is 0.665. The van der Waals surface area contributed by atoms with Crippen molar-refractivity contribution in [3.8, 4) is 0 Å². The molecular weight excluding hydrogens is 248 g/mol. The van der Waals surface area contributed by atoms with Crippen molar-refractivity contribution in [1.82, 2.24) is 5.32 Å². The Balaban J connectivity index is 2.64. The van der Waals surface area contributed by atoms with E-state index in [-0.39, 0.29) is 29.6 Å². The van der Waals surface area contributed by atoms with E-state index in [0.29, 0.717) is 6.42 Å². The maximum Gasteiger partial charge on any atom is 0.252 e. The topological polar surface area (TPSA) is 29.1 Å². The van der Waals surface area contributed by atoms with Gasteiger partial charge in [0.25, 0.3) is 5.92 Å². The second-order valence-corrected chi connectivity index (χ2v) is 8.15. The summed E-state index contributed by atoms with van der Waals surface area (Å²) in [5.74, 6) is -2.75. The lowest BCUT2D eigenvalue weighted by molar-refractivity contribution is -0.172. The number of rotatable bonds is 3. The molecule has 0 aromatic rings. The number of nitrogens with one attached hydrogen (secondary N) is 1. The molecule has 19 heavy (non-hydrogen) atoms. The van der Waals surface area contributed by atoms with Crippen LogP contribution in [0.1, 0.15) is 67.2 Å². The molecule has 0 unspecified atom stereocenters. The first-order chi connectivity index (χ1) is 8.27. The van der Waals surface area contributed by atoms with Gasteiger partial charge in [-0.25, -0.2) is 8.78 Å². The van der Waals surface area contributed by atoms with Crippen LogP contribution in [-0.2, 0) is 4.79 Å². The van der Waals surface area contributed by atoms with Gasteiger partial charge in [0.1, 0.15) is 0 Å². The zero-order chi connectivity index (χ0) is 15.1. The third-order valence-corrected chi connectivity index (χ3v) is 4.04. The molecular formula is C15H27F2NO. The lowest BCUT2D eigenvalue weighted by Gasteiger charge is -2.55. The Morgan fingerprint density at radius 3 is 1.89 bits per heavy atom. The molecule has 0 aromatic carbocycles. The van der Waals surface area contributed by atoms with E-state index in [2.05, 4.69) is 26.1 Å². The average molecular weight is 275 g/mol. The van der Waals surface area contributed by atoms with E-state index >= 15 is 0 Å². The monoisotopic (exact) mass is 275 g/mol. The molecule has 0 aliphatic heterocycles. The molecule has 0 saturated heterocycles. The summed E-state index contributed by atoms with van der Waals surface area (Å²) in [4.78, 5) is 12.0. The summed E-state index contributed by atoms with van der Waals surface area (Å²) >= 11 is 0. The van der Waals surface area contributed by atoms with E-state index in [9.17, 15) is 13.6 Å². The number of carbonyl (C=O) groups is 1. The molecule has 0 aromatic heterocycles. The predicted molar refractivity (Wildman–Crippen MR) is 73.2 cm³/mol. The van der Waals surface area contributed by atoms with Crippen LogP contribution >= 0.6 is 0 Å². The molecule has 0 radical (unpaired) electrons. The number of halogens is 2. The molecule has 1 aliphatic rings. The summed E-state index contributed by atoms with van der Waals surface area (Å²) in [6.45, 7) is 11.9. The summed E-state index contributed by atoms with van der Waals surface area (Å²) in [5.41, 5.74) is -1.03.